The zero-order valence-electron chi connectivity index (χ0n) is 14.9. The van der Waals surface area contributed by atoms with E-state index in [1.54, 1.807) is 13.3 Å². The Hall–Kier alpha value is -2.83. The second kappa shape index (κ2) is 7.19. The molecule has 2 fully saturated rings. The van der Waals surface area contributed by atoms with Gasteiger partial charge in [-0.3, -0.25) is 4.79 Å². The lowest BCUT2D eigenvalue weighted by Crippen LogP contribution is -2.49. The maximum Gasteiger partial charge on any atom is 0.227 e. The molecule has 1 saturated heterocycles. The van der Waals surface area contributed by atoms with Crippen LogP contribution in [-0.4, -0.2) is 54.1 Å². The first kappa shape index (κ1) is 16.6. The lowest BCUT2D eigenvalue weighted by atomic mass is 10.2. The zero-order chi connectivity index (χ0) is 17.9. The van der Waals surface area contributed by atoms with Gasteiger partial charge in [0.15, 0.2) is 0 Å². The van der Waals surface area contributed by atoms with Crippen LogP contribution in [0.1, 0.15) is 12.8 Å². The highest BCUT2D eigenvalue weighted by Crippen LogP contribution is 2.31. The first-order chi connectivity index (χ1) is 12.7. The monoisotopic (exact) mass is 353 g/mol. The molecule has 1 aromatic heterocycles. The van der Waals surface area contributed by atoms with Crippen LogP contribution in [0.5, 0.6) is 5.75 Å². The average molecular weight is 353 g/mol. The van der Waals surface area contributed by atoms with Crippen LogP contribution < -0.4 is 15.0 Å². The van der Waals surface area contributed by atoms with Crippen LogP contribution in [0.4, 0.5) is 17.5 Å². The Morgan fingerprint density at radius 3 is 2.65 bits per heavy atom. The number of amides is 1. The van der Waals surface area contributed by atoms with Gasteiger partial charge in [0, 0.05) is 38.3 Å². The number of piperazine rings is 1. The van der Waals surface area contributed by atoms with Crippen LogP contribution in [0.3, 0.4) is 0 Å². The van der Waals surface area contributed by atoms with E-state index in [0.717, 1.165) is 56.3 Å². The fourth-order valence-electron chi connectivity index (χ4n) is 3.17. The molecular formula is C19H23N5O2. The molecule has 136 valence electrons. The van der Waals surface area contributed by atoms with E-state index in [9.17, 15) is 4.79 Å². The number of anilines is 3. The summed E-state index contributed by atoms with van der Waals surface area (Å²) in [5.41, 5.74) is 0.861. The van der Waals surface area contributed by atoms with Gasteiger partial charge >= 0.3 is 0 Å². The molecule has 0 unspecified atom stereocenters. The highest BCUT2D eigenvalue weighted by molar-refractivity contribution is 5.81. The van der Waals surface area contributed by atoms with Crippen molar-refractivity contribution >= 4 is 23.4 Å². The number of ether oxygens (including phenoxy) is 1. The molecule has 0 radical (unpaired) electrons. The number of aromatic nitrogens is 2. The average Bonchev–Trinajstić information content (AvgIpc) is 3.53. The first-order valence-electron chi connectivity index (χ1n) is 9.01. The minimum absolute atomic E-state index is 0.284. The van der Waals surface area contributed by atoms with Gasteiger partial charge in [-0.2, -0.15) is 4.98 Å². The lowest BCUT2D eigenvalue weighted by Gasteiger charge is -2.35. The van der Waals surface area contributed by atoms with Gasteiger partial charge in [0.2, 0.25) is 11.9 Å². The normalized spacial score (nSPS) is 17.1. The molecule has 0 atom stereocenters. The highest BCUT2D eigenvalue weighted by Gasteiger charge is 2.34. The quantitative estimate of drug-likeness (QED) is 0.889. The SMILES string of the molecule is COc1ccccc1Nc1ccnc(N2CCN(C(=O)C3CC3)CC2)n1. The van der Waals surface area contributed by atoms with Crippen molar-refractivity contribution in [3.05, 3.63) is 36.5 Å². The second-order valence-electron chi connectivity index (χ2n) is 6.65. The summed E-state index contributed by atoms with van der Waals surface area (Å²) < 4.78 is 5.37. The van der Waals surface area contributed by atoms with E-state index in [4.69, 9.17) is 4.74 Å². The summed E-state index contributed by atoms with van der Waals surface area (Å²) in [5, 5.41) is 3.29. The Kier molecular flexibility index (Phi) is 4.60. The van der Waals surface area contributed by atoms with E-state index in [0.29, 0.717) is 11.9 Å². The predicted molar refractivity (Wildman–Crippen MR) is 99.8 cm³/mol. The number of nitrogens with one attached hydrogen (secondary N) is 1. The third-order valence-electron chi connectivity index (χ3n) is 4.81. The number of carbonyl (C=O) groups is 1. The molecule has 4 rings (SSSR count). The van der Waals surface area contributed by atoms with Crippen molar-refractivity contribution in [2.24, 2.45) is 5.92 Å². The lowest BCUT2D eigenvalue weighted by molar-refractivity contribution is -0.132. The van der Waals surface area contributed by atoms with Gasteiger partial charge in [0.05, 0.1) is 12.8 Å². The molecule has 7 heteroatoms. The van der Waals surface area contributed by atoms with Crippen LogP contribution in [0.15, 0.2) is 36.5 Å². The number of rotatable bonds is 5. The van der Waals surface area contributed by atoms with E-state index < -0.39 is 0 Å². The number of nitrogens with zero attached hydrogens (tertiary/aromatic N) is 4. The summed E-state index contributed by atoms with van der Waals surface area (Å²) in [4.78, 5) is 25.3. The largest absolute Gasteiger partial charge is 0.495 e. The van der Waals surface area contributed by atoms with Gasteiger partial charge in [-0.15, -0.1) is 0 Å². The van der Waals surface area contributed by atoms with Crippen LogP contribution in [0.2, 0.25) is 0 Å². The minimum atomic E-state index is 0.284. The molecule has 26 heavy (non-hydrogen) atoms. The predicted octanol–water partition coefficient (Wildman–Crippen LogP) is 2.29. The number of benzene rings is 1. The number of hydrogen-bond donors (Lipinski definition) is 1. The Balaban J connectivity index is 1.42. The molecule has 7 nitrogen and oxygen atoms in total. The summed E-state index contributed by atoms with van der Waals surface area (Å²) in [6, 6.07) is 9.56. The van der Waals surface area contributed by atoms with Gasteiger partial charge in [0.25, 0.3) is 0 Å². The van der Waals surface area contributed by atoms with Crippen molar-refractivity contribution in [1.29, 1.82) is 0 Å². The molecule has 1 N–H and O–H groups in total. The number of para-hydroxylation sites is 2. The van der Waals surface area contributed by atoms with E-state index in [2.05, 4.69) is 20.2 Å². The molecule has 1 aliphatic carbocycles. The van der Waals surface area contributed by atoms with Gasteiger partial charge in [-0.1, -0.05) is 12.1 Å². The zero-order valence-corrected chi connectivity index (χ0v) is 14.9. The van der Waals surface area contributed by atoms with Crippen LogP contribution in [0.25, 0.3) is 0 Å². The van der Waals surface area contributed by atoms with Gasteiger partial charge in [-0.05, 0) is 31.0 Å². The fraction of sp³-hybridized carbons (Fsp3) is 0.421. The number of methoxy groups -OCH3 is 1. The fourth-order valence-corrected chi connectivity index (χ4v) is 3.17. The molecule has 1 aliphatic heterocycles. The van der Waals surface area contributed by atoms with Gasteiger partial charge in [-0.25, -0.2) is 4.98 Å². The van der Waals surface area contributed by atoms with Crippen molar-refractivity contribution in [2.45, 2.75) is 12.8 Å². The summed E-state index contributed by atoms with van der Waals surface area (Å²) in [6.45, 7) is 3.00. The van der Waals surface area contributed by atoms with Crippen LogP contribution in [0, 0.1) is 5.92 Å². The molecule has 0 spiro atoms. The van der Waals surface area contributed by atoms with Gasteiger partial charge < -0.3 is 19.9 Å². The van der Waals surface area contributed by atoms with Gasteiger partial charge in [0.1, 0.15) is 11.6 Å². The van der Waals surface area contributed by atoms with Crippen LogP contribution in [-0.2, 0) is 4.79 Å². The summed E-state index contributed by atoms with van der Waals surface area (Å²) in [5.74, 6) is 2.77. The maximum atomic E-state index is 12.2. The minimum Gasteiger partial charge on any atom is -0.495 e. The van der Waals surface area contributed by atoms with E-state index in [1.165, 1.54) is 0 Å². The van der Waals surface area contributed by atoms with Crippen molar-refractivity contribution in [3.8, 4) is 5.75 Å². The van der Waals surface area contributed by atoms with Crippen LogP contribution >= 0.6 is 0 Å². The highest BCUT2D eigenvalue weighted by atomic mass is 16.5. The molecule has 2 aromatic rings. The molecule has 2 aliphatic rings. The molecular weight excluding hydrogens is 330 g/mol. The van der Waals surface area contributed by atoms with E-state index in [1.807, 2.05) is 35.2 Å². The number of carbonyl (C=O) groups excluding carboxylic acids is 1. The number of hydrogen-bond acceptors (Lipinski definition) is 6. The van der Waals surface area contributed by atoms with E-state index >= 15 is 0 Å². The molecule has 1 saturated carbocycles. The summed E-state index contributed by atoms with van der Waals surface area (Å²) in [7, 11) is 1.65. The van der Waals surface area contributed by atoms with E-state index in [-0.39, 0.29) is 5.92 Å². The summed E-state index contributed by atoms with van der Waals surface area (Å²) in [6.07, 6.45) is 3.86. The first-order valence-corrected chi connectivity index (χ1v) is 9.01. The third-order valence-corrected chi connectivity index (χ3v) is 4.81. The molecule has 1 amide bonds. The maximum absolute atomic E-state index is 12.2. The molecule has 0 bridgehead atoms. The third kappa shape index (κ3) is 3.56. The molecule has 1 aromatic carbocycles. The topological polar surface area (TPSA) is 70.6 Å². The Labute approximate surface area is 153 Å². The van der Waals surface area contributed by atoms with Crippen molar-refractivity contribution in [3.63, 3.8) is 0 Å². The Bertz CT molecular complexity index is 785. The standard InChI is InChI=1S/C19H23N5O2/c1-26-16-5-3-2-4-15(16)21-17-8-9-20-19(22-17)24-12-10-23(11-13-24)18(25)14-6-7-14/h2-5,8-9,14H,6-7,10-13H2,1H3,(H,20,21,22). The second-order valence-corrected chi connectivity index (χ2v) is 6.65. The Morgan fingerprint density at radius 1 is 1.15 bits per heavy atom. The Morgan fingerprint density at radius 2 is 1.92 bits per heavy atom. The van der Waals surface area contributed by atoms with Crippen molar-refractivity contribution in [2.75, 3.05) is 43.5 Å². The molecule has 2 heterocycles. The van der Waals surface area contributed by atoms with Crippen molar-refractivity contribution in [1.82, 2.24) is 14.9 Å². The smallest absolute Gasteiger partial charge is 0.227 e. The summed E-state index contributed by atoms with van der Waals surface area (Å²) >= 11 is 0. The van der Waals surface area contributed by atoms with Crippen molar-refractivity contribution < 1.29 is 9.53 Å².